The molecule has 1 aliphatic heterocycles. The predicted molar refractivity (Wildman–Crippen MR) is 69.2 cm³/mol. The van der Waals surface area contributed by atoms with Crippen LogP contribution in [0.25, 0.3) is 0 Å². The molecule has 0 saturated carbocycles. The topological polar surface area (TPSA) is 58.4 Å². The lowest BCUT2D eigenvalue weighted by molar-refractivity contribution is 0.193. The summed E-state index contributed by atoms with van der Waals surface area (Å²) in [4.78, 5) is 12.6. The summed E-state index contributed by atoms with van der Waals surface area (Å²) in [6, 6.07) is 4.15. The third-order valence-corrected chi connectivity index (χ3v) is 3.33. The van der Waals surface area contributed by atoms with Crippen LogP contribution in [0.1, 0.15) is 12.8 Å². The fraction of sp³-hybridized carbons (Fsp3) is 0.417. The Balaban J connectivity index is 1.95. The largest absolute Gasteiger partial charge is 0.380 e. The van der Waals surface area contributed by atoms with E-state index < -0.39 is 6.03 Å². The summed E-state index contributed by atoms with van der Waals surface area (Å²) < 4.78 is 13.5. The third kappa shape index (κ3) is 3.04. The van der Waals surface area contributed by atoms with E-state index in [-0.39, 0.29) is 11.9 Å². The number of benzene rings is 1. The van der Waals surface area contributed by atoms with Gasteiger partial charge in [0, 0.05) is 24.2 Å². The standard InChI is InChI=1S/C12H15ClFN3O/c13-8-1-2-10(14)11(7-8)16-9-3-5-17(6-4-9)12(15)18/h1-2,7,9,16H,3-6H2,(H2,15,18). The van der Waals surface area contributed by atoms with Crippen LogP contribution in [0.4, 0.5) is 14.9 Å². The van der Waals surface area contributed by atoms with Crippen molar-refractivity contribution in [1.29, 1.82) is 0 Å². The van der Waals surface area contributed by atoms with Crippen LogP contribution in [0.2, 0.25) is 5.02 Å². The van der Waals surface area contributed by atoms with Crippen molar-refractivity contribution >= 4 is 23.3 Å². The van der Waals surface area contributed by atoms with E-state index in [2.05, 4.69) is 5.32 Å². The van der Waals surface area contributed by atoms with Crippen molar-refractivity contribution < 1.29 is 9.18 Å². The Morgan fingerprint density at radius 2 is 2.11 bits per heavy atom. The number of anilines is 1. The molecule has 1 saturated heterocycles. The molecular weight excluding hydrogens is 257 g/mol. The van der Waals surface area contributed by atoms with Gasteiger partial charge in [-0.1, -0.05) is 11.6 Å². The van der Waals surface area contributed by atoms with Gasteiger partial charge in [-0.3, -0.25) is 0 Å². The van der Waals surface area contributed by atoms with E-state index in [4.69, 9.17) is 17.3 Å². The molecule has 4 nitrogen and oxygen atoms in total. The Hall–Kier alpha value is -1.49. The van der Waals surface area contributed by atoms with Crippen molar-refractivity contribution in [1.82, 2.24) is 4.90 Å². The number of nitrogens with two attached hydrogens (primary N) is 1. The summed E-state index contributed by atoms with van der Waals surface area (Å²) in [6.07, 6.45) is 1.49. The molecule has 0 bridgehead atoms. The number of urea groups is 1. The van der Waals surface area contributed by atoms with Crippen molar-refractivity contribution in [3.8, 4) is 0 Å². The smallest absolute Gasteiger partial charge is 0.314 e. The number of hydrogen-bond acceptors (Lipinski definition) is 2. The summed E-state index contributed by atoms with van der Waals surface area (Å²) in [6.45, 7) is 1.18. The van der Waals surface area contributed by atoms with Crippen LogP contribution in [0.3, 0.4) is 0 Å². The fourth-order valence-electron chi connectivity index (χ4n) is 2.07. The maximum atomic E-state index is 13.5. The van der Waals surface area contributed by atoms with Gasteiger partial charge < -0.3 is 16.0 Å². The number of nitrogens with one attached hydrogen (secondary N) is 1. The van der Waals surface area contributed by atoms with Crippen molar-refractivity contribution in [2.45, 2.75) is 18.9 Å². The number of primary amides is 1. The van der Waals surface area contributed by atoms with Gasteiger partial charge in [-0.05, 0) is 31.0 Å². The van der Waals surface area contributed by atoms with Crippen LogP contribution in [0.5, 0.6) is 0 Å². The molecule has 1 aromatic carbocycles. The number of rotatable bonds is 2. The molecule has 98 valence electrons. The molecule has 1 aromatic rings. The highest BCUT2D eigenvalue weighted by atomic mass is 35.5. The minimum absolute atomic E-state index is 0.133. The van der Waals surface area contributed by atoms with Gasteiger partial charge in [0.05, 0.1) is 5.69 Å². The molecule has 6 heteroatoms. The molecule has 0 unspecified atom stereocenters. The molecule has 0 aliphatic carbocycles. The number of nitrogens with zero attached hydrogens (tertiary/aromatic N) is 1. The van der Waals surface area contributed by atoms with Crippen LogP contribution in [0, 0.1) is 5.82 Å². The second-order valence-corrected chi connectivity index (χ2v) is 4.80. The molecular formula is C12H15ClFN3O. The summed E-state index contributed by atoms with van der Waals surface area (Å²) in [5.41, 5.74) is 5.60. The molecule has 3 N–H and O–H groups in total. The van der Waals surface area contributed by atoms with Crippen molar-refractivity contribution in [3.63, 3.8) is 0 Å². The predicted octanol–water partition coefficient (Wildman–Crippen LogP) is 2.43. The van der Waals surface area contributed by atoms with Gasteiger partial charge in [0.25, 0.3) is 0 Å². The molecule has 1 fully saturated rings. The van der Waals surface area contributed by atoms with Gasteiger partial charge in [-0.25, -0.2) is 9.18 Å². The number of carbonyl (C=O) groups excluding carboxylic acids is 1. The maximum Gasteiger partial charge on any atom is 0.314 e. The number of piperidine rings is 1. The summed E-state index contributed by atoms with van der Waals surface area (Å²) >= 11 is 5.82. The van der Waals surface area contributed by atoms with Gasteiger partial charge >= 0.3 is 6.03 Å². The number of halogens is 2. The van der Waals surface area contributed by atoms with E-state index in [0.29, 0.717) is 23.8 Å². The van der Waals surface area contributed by atoms with Gasteiger partial charge in [0.2, 0.25) is 0 Å². The summed E-state index contributed by atoms with van der Waals surface area (Å²) in [5.74, 6) is -0.322. The van der Waals surface area contributed by atoms with E-state index in [0.717, 1.165) is 12.8 Å². The van der Waals surface area contributed by atoms with Crippen LogP contribution >= 0.6 is 11.6 Å². The Morgan fingerprint density at radius 3 is 2.72 bits per heavy atom. The third-order valence-electron chi connectivity index (χ3n) is 3.09. The molecule has 0 spiro atoms. The zero-order valence-electron chi connectivity index (χ0n) is 9.83. The highest BCUT2D eigenvalue weighted by Gasteiger charge is 2.21. The van der Waals surface area contributed by atoms with Gasteiger partial charge in [0.1, 0.15) is 5.82 Å². The minimum atomic E-state index is -0.401. The first kappa shape index (κ1) is 13.0. The molecule has 2 amide bonds. The number of amides is 2. The Morgan fingerprint density at radius 1 is 1.44 bits per heavy atom. The van der Waals surface area contributed by atoms with Crippen molar-refractivity contribution in [2.75, 3.05) is 18.4 Å². The van der Waals surface area contributed by atoms with Gasteiger partial charge in [0.15, 0.2) is 0 Å². The van der Waals surface area contributed by atoms with E-state index in [1.807, 2.05) is 0 Å². The second-order valence-electron chi connectivity index (χ2n) is 4.37. The number of carbonyl (C=O) groups is 1. The van der Waals surface area contributed by atoms with E-state index >= 15 is 0 Å². The zero-order chi connectivity index (χ0) is 13.1. The van der Waals surface area contributed by atoms with E-state index in [1.54, 1.807) is 11.0 Å². The average molecular weight is 272 g/mol. The first-order valence-electron chi connectivity index (χ1n) is 5.82. The van der Waals surface area contributed by atoms with Crippen LogP contribution in [0.15, 0.2) is 18.2 Å². The number of hydrogen-bond donors (Lipinski definition) is 2. The fourth-order valence-corrected chi connectivity index (χ4v) is 2.24. The molecule has 0 aromatic heterocycles. The molecule has 1 aliphatic rings. The molecule has 2 rings (SSSR count). The van der Waals surface area contributed by atoms with Gasteiger partial charge in [-0.2, -0.15) is 0 Å². The second kappa shape index (κ2) is 5.44. The molecule has 18 heavy (non-hydrogen) atoms. The summed E-state index contributed by atoms with van der Waals surface area (Å²) in [7, 11) is 0. The highest BCUT2D eigenvalue weighted by molar-refractivity contribution is 6.30. The van der Waals surface area contributed by atoms with E-state index in [1.165, 1.54) is 12.1 Å². The number of likely N-dealkylation sites (tertiary alicyclic amines) is 1. The maximum absolute atomic E-state index is 13.5. The Kier molecular flexibility index (Phi) is 3.91. The zero-order valence-corrected chi connectivity index (χ0v) is 10.6. The SMILES string of the molecule is NC(=O)N1CCC(Nc2cc(Cl)ccc2F)CC1. The lowest BCUT2D eigenvalue weighted by Crippen LogP contribution is -2.44. The van der Waals surface area contributed by atoms with Crippen LogP contribution in [-0.2, 0) is 0 Å². The molecule has 0 atom stereocenters. The Bertz CT molecular complexity index is 447. The molecule has 1 heterocycles. The first-order valence-corrected chi connectivity index (χ1v) is 6.20. The van der Waals surface area contributed by atoms with Crippen LogP contribution < -0.4 is 11.1 Å². The Labute approximate surface area is 110 Å². The monoisotopic (exact) mass is 271 g/mol. The lowest BCUT2D eigenvalue weighted by atomic mass is 10.0. The highest BCUT2D eigenvalue weighted by Crippen LogP contribution is 2.22. The summed E-state index contributed by atoms with van der Waals surface area (Å²) in [5, 5.41) is 3.61. The lowest BCUT2D eigenvalue weighted by Gasteiger charge is -2.31. The van der Waals surface area contributed by atoms with Crippen molar-refractivity contribution in [2.24, 2.45) is 5.73 Å². The van der Waals surface area contributed by atoms with Crippen molar-refractivity contribution in [3.05, 3.63) is 29.0 Å². The normalized spacial score (nSPS) is 16.7. The first-order chi connectivity index (χ1) is 8.56. The average Bonchev–Trinajstić information content (AvgIpc) is 2.34. The minimum Gasteiger partial charge on any atom is -0.380 e. The van der Waals surface area contributed by atoms with Gasteiger partial charge in [-0.15, -0.1) is 0 Å². The quantitative estimate of drug-likeness (QED) is 0.868. The van der Waals surface area contributed by atoms with E-state index in [9.17, 15) is 9.18 Å². The molecule has 0 radical (unpaired) electrons. The van der Waals surface area contributed by atoms with Crippen LogP contribution in [-0.4, -0.2) is 30.1 Å².